The highest BCUT2D eigenvalue weighted by molar-refractivity contribution is 7.80. The molecular weight excluding hydrogens is 244 g/mol. The summed E-state index contributed by atoms with van der Waals surface area (Å²) in [7, 11) is 0. The zero-order valence-electron chi connectivity index (χ0n) is 11.4. The molecule has 2 rings (SSSR count). The van der Waals surface area contributed by atoms with E-state index in [0.717, 1.165) is 16.6 Å². The Kier molecular flexibility index (Phi) is 4.27. The van der Waals surface area contributed by atoms with Gasteiger partial charge in [-0.15, -0.1) is 0 Å². The number of rotatable bonds is 3. The fourth-order valence-electron chi connectivity index (χ4n) is 2.65. The van der Waals surface area contributed by atoms with E-state index in [-0.39, 0.29) is 6.04 Å². The van der Waals surface area contributed by atoms with Crippen LogP contribution in [0.4, 0.5) is 0 Å². The summed E-state index contributed by atoms with van der Waals surface area (Å²) in [5.41, 5.74) is 1.18. The van der Waals surface area contributed by atoms with Crippen molar-refractivity contribution in [1.82, 2.24) is 10.6 Å². The predicted molar refractivity (Wildman–Crippen MR) is 77.7 cm³/mol. The van der Waals surface area contributed by atoms with Crippen molar-refractivity contribution < 1.29 is 4.42 Å². The Labute approximate surface area is 114 Å². The number of hydrogen-bond acceptors (Lipinski definition) is 2. The van der Waals surface area contributed by atoms with E-state index in [0.29, 0.717) is 6.04 Å². The topological polar surface area (TPSA) is 37.2 Å². The van der Waals surface area contributed by atoms with Crippen LogP contribution in [-0.2, 0) is 0 Å². The van der Waals surface area contributed by atoms with Crippen LogP contribution >= 0.6 is 12.2 Å². The summed E-state index contributed by atoms with van der Waals surface area (Å²) in [4.78, 5) is 0. The summed E-state index contributed by atoms with van der Waals surface area (Å²) >= 11 is 5.36. The minimum Gasteiger partial charge on any atom is -0.466 e. The molecule has 1 aromatic heterocycles. The van der Waals surface area contributed by atoms with E-state index in [4.69, 9.17) is 16.6 Å². The second-order valence-electron chi connectivity index (χ2n) is 5.19. The van der Waals surface area contributed by atoms with Gasteiger partial charge in [-0.05, 0) is 51.9 Å². The van der Waals surface area contributed by atoms with Gasteiger partial charge in [0.1, 0.15) is 11.5 Å². The second kappa shape index (κ2) is 5.74. The van der Waals surface area contributed by atoms with E-state index in [1.54, 1.807) is 0 Å². The van der Waals surface area contributed by atoms with Crippen LogP contribution in [-0.4, -0.2) is 11.2 Å². The van der Waals surface area contributed by atoms with E-state index in [1.807, 2.05) is 13.8 Å². The summed E-state index contributed by atoms with van der Waals surface area (Å²) in [6, 6.07) is 2.82. The Morgan fingerprint density at radius 1 is 1.39 bits per heavy atom. The van der Waals surface area contributed by atoms with Gasteiger partial charge in [-0.1, -0.05) is 12.8 Å². The average molecular weight is 266 g/mol. The van der Waals surface area contributed by atoms with Gasteiger partial charge >= 0.3 is 0 Å². The molecule has 1 aliphatic rings. The zero-order chi connectivity index (χ0) is 13.1. The Morgan fingerprint density at radius 3 is 2.61 bits per heavy atom. The summed E-state index contributed by atoms with van der Waals surface area (Å²) in [5.74, 6) is 1.92. The van der Waals surface area contributed by atoms with Gasteiger partial charge in [0, 0.05) is 11.6 Å². The fraction of sp³-hybridized carbons (Fsp3) is 0.643. The first-order chi connectivity index (χ1) is 8.56. The predicted octanol–water partition coefficient (Wildman–Crippen LogP) is 3.36. The molecule has 0 bridgehead atoms. The standard InChI is InChI=1S/C14H22N2OS/c1-9-8-13(11(3)17-9)10(2)15-14(18)16-12-6-4-5-7-12/h8,10,12H,4-7H2,1-3H3,(H2,15,16,18). The van der Waals surface area contributed by atoms with Crippen LogP contribution in [0.2, 0.25) is 0 Å². The van der Waals surface area contributed by atoms with Gasteiger partial charge in [0.05, 0.1) is 6.04 Å². The SMILES string of the molecule is Cc1cc(C(C)NC(=S)NC2CCCC2)c(C)o1. The average Bonchev–Trinajstić information content (AvgIpc) is 2.88. The Hall–Kier alpha value is -1.03. The molecular formula is C14H22N2OS. The molecule has 1 aliphatic carbocycles. The van der Waals surface area contributed by atoms with Crippen LogP contribution in [0.25, 0.3) is 0 Å². The van der Waals surface area contributed by atoms with Gasteiger partial charge < -0.3 is 15.1 Å². The van der Waals surface area contributed by atoms with Gasteiger partial charge in [-0.2, -0.15) is 0 Å². The molecule has 100 valence electrons. The van der Waals surface area contributed by atoms with Crippen molar-refractivity contribution in [2.24, 2.45) is 0 Å². The highest BCUT2D eigenvalue weighted by Gasteiger charge is 2.18. The minimum absolute atomic E-state index is 0.184. The van der Waals surface area contributed by atoms with Crippen molar-refractivity contribution in [3.63, 3.8) is 0 Å². The van der Waals surface area contributed by atoms with Crippen molar-refractivity contribution in [3.8, 4) is 0 Å². The van der Waals surface area contributed by atoms with E-state index in [2.05, 4.69) is 23.6 Å². The molecule has 0 amide bonds. The van der Waals surface area contributed by atoms with Crippen molar-refractivity contribution in [1.29, 1.82) is 0 Å². The first-order valence-corrected chi connectivity index (χ1v) is 7.11. The summed E-state index contributed by atoms with van der Waals surface area (Å²) < 4.78 is 5.55. The molecule has 1 fully saturated rings. The van der Waals surface area contributed by atoms with Crippen molar-refractivity contribution in [2.45, 2.75) is 58.5 Å². The first-order valence-electron chi connectivity index (χ1n) is 6.70. The maximum absolute atomic E-state index is 5.55. The molecule has 3 nitrogen and oxygen atoms in total. The summed E-state index contributed by atoms with van der Waals surface area (Å²) in [5, 5.41) is 7.49. The lowest BCUT2D eigenvalue weighted by atomic mass is 10.1. The van der Waals surface area contributed by atoms with Crippen molar-refractivity contribution >= 4 is 17.3 Å². The quantitative estimate of drug-likeness (QED) is 0.823. The largest absolute Gasteiger partial charge is 0.466 e. The van der Waals surface area contributed by atoms with E-state index < -0.39 is 0 Å². The molecule has 1 aromatic rings. The highest BCUT2D eigenvalue weighted by atomic mass is 32.1. The molecule has 2 N–H and O–H groups in total. The van der Waals surface area contributed by atoms with Crippen LogP contribution in [0, 0.1) is 13.8 Å². The number of thiocarbonyl (C=S) groups is 1. The zero-order valence-corrected chi connectivity index (χ0v) is 12.2. The van der Waals surface area contributed by atoms with Crippen LogP contribution in [0.15, 0.2) is 10.5 Å². The lowest BCUT2D eigenvalue weighted by Gasteiger charge is -2.19. The van der Waals surface area contributed by atoms with Gasteiger partial charge in [-0.25, -0.2) is 0 Å². The third-order valence-electron chi connectivity index (χ3n) is 3.58. The maximum Gasteiger partial charge on any atom is 0.166 e. The molecule has 1 saturated carbocycles. The summed E-state index contributed by atoms with van der Waals surface area (Å²) in [6.45, 7) is 6.08. The van der Waals surface area contributed by atoms with Gasteiger partial charge in [0.25, 0.3) is 0 Å². The molecule has 4 heteroatoms. The number of furan rings is 1. The molecule has 0 radical (unpaired) electrons. The third kappa shape index (κ3) is 3.25. The lowest BCUT2D eigenvalue weighted by Crippen LogP contribution is -2.41. The second-order valence-corrected chi connectivity index (χ2v) is 5.60. The van der Waals surface area contributed by atoms with Crippen LogP contribution in [0.3, 0.4) is 0 Å². The van der Waals surface area contributed by atoms with Crippen LogP contribution < -0.4 is 10.6 Å². The molecule has 18 heavy (non-hydrogen) atoms. The first kappa shape index (κ1) is 13.4. The molecule has 1 unspecified atom stereocenters. The lowest BCUT2D eigenvalue weighted by molar-refractivity contribution is 0.496. The molecule has 0 aromatic carbocycles. The molecule has 1 atom stereocenters. The number of aryl methyl sites for hydroxylation is 2. The maximum atomic E-state index is 5.55. The molecule has 0 spiro atoms. The third-order valence-corrected chi connectivity index (χ3v) is 3.82. The number of nitrogens with one attached hydrogen (secondary N) is 2. The van der Waals surface area contributed by atoms with Crippen molar-refractivity contribution in [2.75, 3.05) is 0 Å². The Balaban J connectivity index is 1.88. The van der Waals surface area contributed by atoms with Crippen molar-refractivity contribution in [3.05, 3.63) is 23.2 Å². The van der Waals surface area contributed by atoms with Crippen LogP contribution in [0.5, 0.6) is 0 Å². The Bertz CT molecular complexity index is 421. The molecule has 0 aliphatic heterocycles. The smallest absolute Gasteiger partial charge is 0.166 e. The van der Waals surface area contributed by atoms with Crippen LogP contribution in [0.1, 0.15) is 55.7 Å². The fourth-order valence-corrected chi connectivity index (χ4v) is 3.00. The number of hydrogen-bond donors (Lipinski definition) is 2. The Morgan fingerprint density at radius 2 is 2.06 bits per heavy atom. The summed E-state index contributed by atoms with van der Waals surface area (Å²) in [6.07, 6.45) is 5.10. The normalized spacial score (nSPS) is 17.7. The van der Waals surface area contributed by atoms with Gasteiger partial charge in [0.2, 0.25) is 0 Å². The molecule has 0 saturated heterocycles. The van der Waals surface area contributed by atoms with Gasteiger partial charge in [0.15, 0.2) is 5.11 Å². The molecule has 1 heterocycles. The highest BCUT2D eigenvalue weighted by Crippen LogP contribution is 2.21. The monoisotopic (exact) mass is 266 g/mol. The minimum atomic E-state index is 0.184. The van der Waals surface area contributed by atoms with E-state index in [9.17, 15) is 0 Å². The van der Waals surface area contributed by atoms with E-state index >= 15 is 0 Å². The van der Waals surface area contributed by atoms with E-state index in [1.165, 1.54) is 31.2 Å². The van der Waals surface area contributed by atoms with Gasteiger partial charge in [-0.3, -0.25) is 0 Å².